The molecule has 2 rings (SSSR count). The number of rotatable bonds is 0. The largest absolute Gasteiger partial charge is 0.299 e. The van der Waals surface area contributed by atoms with Crippen molar-refractivity contribution in [3.63, 3.8) is 0 Å². The Balaban J connectivity index is 2.14. The molecular weight excluding hydrogens is 124 g/mol. The molecule has 2 aliphatic rings. The van der Waals surface area contributed by atoms with Gasteiger partial charge in [-0.2, -0.15) is 0 Å². The van der Waals surface area contributed by atoms with Crippen molar-refractivity contribution in [1.29, 1.82) is 0 Å². The van der Waals surface area contributed by atoms with E-state index in [0.29, 0.717) is 17.6 Å². The minimum absolute atomic E-state index is 0.383. The molecular formula is C9H12O. The van der Waals surface area contributed by atoms with Crippen LogP contribution < -0.4 is 0 Å². The van der Waals surface area contributed by atoms with Crippen molar-refractivity contribution >= 4 is 5.78 Å². The van der Waals surface area contributed by atoms with Crippen LogP contribution in [-0.2, 0) is 4.79 Å². The molecule has 0 aliphatic heterocycles. The smallest absolute Gasteiger partial charge is 0.136 e. The van der Waals surface area contributed by atoms with Crippen LogP contribution in [0.1, 0.15) is 25.7 Å². The van der Waals surface area contributed by atoms with Crippen LogP contribution >= 0.6 is 0 Å². The number of hydrogen-bond donors (Lipinski definition) is 0. The lowest BCUT2D eigenvalue weighted by Crippen LogP contribution is -2.23. The summed E-state index contributed by atoms with van der Waals surface area (Å²) in [6.45, 7) is 0. The van der Waals surface area contributed by atoms with Crippen molar-refractivity contribution in [1.82, 2.24) is 0 Å². The van der Waals surface area contributed by atoms with Crippen LogP contribution in [-0.4, -0.2) is 5.78 Å². The van der Waals surface area contributed by atoms with Gasteiger partial charge in [0.05, 0.1) is 0 Å². The van der Waals surface area contributed by atoms with Crippen LogP contribution in [0.25, 0.3) is 0 Å². The molecule has 1 saturated carbocycles. The van der Waals surface area contributed by atoms with Gasteiger partial charge in [0.1, 0.15) is 5.78 Å². The maximum absolute atomic E-state index is 11.2. The molecule has 0 amide bonds. The Morgan fingerprint density at radius 1 is 1.50 bits per heavy atom. The van der Waals surface area contributed by atoms with Gasteiger partial charge in [-0.25, -0.2) is 0 Å². The minimum Gasteiger partial charge on any atom is -0.299 e. The summed E-state index contributed by atoms with van der Waals surface area (Å²) in [6, 6.07) is 0. The average molecular weight is 136 g/mol. The molecule has 0 N–H and O–H groups in total. The summed E-state index contributed by atoms with van der Waals surface area (Å²) >= 11 is 0. The van der Waals surface area contributed by atoms with Crippen molar-refractivity contribution < 1.29 is 4.79 Å². The highest BCUT2D eigenvalue weighted by atomic mass is 16.1. The van der Waals surface area contributed by atoms with Gasteiger partial charge in [0.25, 0.3) is 0 Å². The van der Waals surface area contributed by atoms with Gasteiger partial charge in [0.2, 0.25) is 0 Å². The Labute approximate surface area is 61.1 Å². The van der Waals surface area contributed by atoms with E-state index in [1.165, 1.54) is 6.42 Å². The third kappa shape index (κ3) is 0.808. The predicted molar refractivity (Wildman–Crippen MR) is 39.6 cm³/mol. The number of carbonyl (C=O) groups is 1. The lowest BCUT2D eigenvalue weighted by atomic mass is 9.80. The van der Waals surface area contributed by atoms with Crippen LogP contribution in [0.15, 0.2) is 12.2 Å². The number of ketones is 1. The van der Waals surface area contributed by atoms with Gasteiger partial charge in [-0.05, 0) is 25.2 Å². The summed E-state index contributed by atoms with van der Waals surface area (Å²) in [5.74, 6) is 1.50. The molecule has 0 aromatic rings. The van der Waals surface area contributed by atoms with Crippen LogP contribution in [0, 0.1) is 11.8 Å². The Kier molecular flexibility index (Phi) is 1.37. The van der Waals surface area contributed by atoms with Crippen molar-refractivity contribution in [3.05, 3.63) is 12.2 Å². The van der Waals surface area contributed by atoms with Gasteiger partial charge in [-0.3, -0.25) is 4.79 Å². The highest BCUT2D eigenvalue weighted by Gasteiger charge is 2.31. The molecule has 2 atom stereocenters. The number of Topliss-reactive ketones (excluding diaryl/α,β-unsaturated/α-hetero) is 1. The van der Waals surface area contributed by atoms with Crippen molar-refractivity contribution in [2.45, 2.75) is 25.7 Å². The second-order valence-corrected chi connectivity index (χ2v) is 3.29. The van der Waals surface area contributed by atoms with E-state index >= 15 is 0 Å². The predicted octanol–water partition coefficient (Wildman–Crippen LogP) is 1.93. The molecule has 0 bridgehead atoms. The zero-order chi connectivity index (χ0) is 6.97. The fraction of sp³-hybridized carbons (Fsp3) is 0.667. The SMILES string of the molecule is O=C1CCC[C@@H]2C=CC[C@H]12. The summed E-state index contributed by atoms with van der Waals surface area (Å²) in [5.41, 5.74) is 0. The van der Waals surface area contributed by atoms with E-state index in [4.69, 9.17) is 0 Å². The Morgan fingerprint density at radius 3 is 3.20 bits per heavy atom. The maximum Gasteiger partial charge on any atom is 0.136 e. The molecule has 0 saturated heterocycles. The van der Waals surface area contributed by atoms with E-state index < -0.39 is 0 Å². The lowest BCUT2D eigenvalue weighted by Gasteiger charge is -2.22. The number of hydrogen-bond acceptors (Lipinski definition) is 1. The summed E-state index contributed by atoms with van der Waals surface area (Å²) in [5, 5.41) is 0. The molecule has 1 nitrogen and oxygen atoms in total. The highest BCUT2D eigenvalue weighted by molar-refractivity contribution is 5.82. The van der Waals surface area contributed by atoms with Crippen LogP contribution in [0.3, 0.4) is 0 Å². The number of carbonyl (C=O) groups excluding carboxylic acids is 1. The molecule has 0 aromatic heterocycles. The Hall–Kier alpha value is -0.590. The first-order valence-electron chi connectivity index (χ1n) is 4.07. The topological polar surface area (TPSA) is 17.1 Å². The molecule has 2 aliphatic carbocycles. The molecule has 0 radical (unpaired) electrons. The number of allylic oxidation sites excluding steroid dienone is 2. The van der Waals surface area contributed by atoms with Crippen molar-refractivity contribution in [2.75, 3.05) is 0 Å². The molecule has 1 fully saturated rings. The fourth-order valence-corrected chi connectivity index (χ4v) is 2.07. The van der Waals surface area contributed by atoms with Crippen LogP contribution in [0.5, 0.6) is 0 Å². The summed E-state index contributed by atoms with van der Waals surface area (Å²) < 4.78 is 0. The molecule has 0 heterocycles. The van der Waals surface area contributed by atoms with E-state index in [1.807, 2.05) is 0 Å². The second kappa shape index (κ2) is 2.22. The fourth-order valence-electron chi connectivity index (χ4n) is 2.07. The van der Waals surface area contributed by atoms with Gasteiger partial charge in [0, 0.05) is 12.3 Å². The van der Waals surface area contributed by atoms with E-state index in [9.17, 15) is 4.79 Å². The van der Waals surface area contributed by atoms with Gasteiger partial charge in [-0.15, -0.1) is 0 Å². The highest BCUT2D eigenvalue weighted by Crippen LogP contribution is 2.35. The van der Waals surface area contributed by atoms with E-state index in [2.05, 4.69) is 12.2 Å². The zero-order valence-corrected chi connectivity index (χ0v) is 6.05. The Morgan fingerprint density at radius 2 is 2.40 bits per heavy atom. The summed E-state index contributed by atoms with van der Waals surface area (Å²) in [6.07, 6.45) is 8.60. The molecule has 0 aromatic carbocycles. The van der Waals surface area contributed by atoms with E-state index in [0.717, 1.165) is 19.3 Å². The van der Waals surface area contributed by atoms with Crippen LogP contribution in [0.2, 0.25) is 0 Å². The summed E-state index contributed by atoms with van der Waals surface area (Å²) in [4.78, 5) is 11.2. The molecule has 0 spiro atoms. The quantitative estimate of drug-likeness (QED) is 0.465. The van der Waals surface area contributed by atoms with Gasteiger partial charge >= 0.3 is 0 Å². The maximum atomic E-state index is 11.2. The van der Waals surface area contributed by atoms with Crippen LogP contribution in [0.4, 0.5) is 0 Å². The zero-order valence-electron chi connectivity index (χ0n) is 6.05. The van der Waals surface area contributed by atoms with Gasteiger partial charge in [0.15, 0.2) is 0 Å². The second-order valence-electron chi connectivity index (χ2n) is 3.29. The third-order valence-corrected chi connectivity index (χ3v) is 2.66. The van der Waals surface area contributed by atoms with Gasteiger partial charge in [-0.1, -0.05) is 12.2 Å². The average Bonchev–Trinajstić information content (AvgIpc) is 2.36. The first-order valence-corrected chi connectivity index (χ1v) is 4.07. The van der Waals surface area contributed by atoms with E-state index in [-0.39, 0.29) is 0 Å². The first-order chi connectivity index (χ1) is 4.88. The minimum atomic E-state index is 0.383. The standard InChI is InChI=1S/C9H12O/c10-9-6-2-4-7-3-1-5-8(7)9/h1,3,7-8H,2,4-6H2/t7-,8-/m0/s1. The van der Waals surface area contributed by atoms with Crippen molar-refractivity contribution in [3.8, 4) is 0 Å². The monoisotopic (exact) mass is 136 g/mol. The third-order valence-electron chi connectivity index (χ3n) is 2.66. The number of fused-ring (bicyclic) bond motifs is 1. The van der Waals surface area contributed by atoms with Gasteiger partial charge < -0.3 is 0 Å². The Bertz CT molecular complexity index is 181. The summed E-state index contributed by atoms with van der Waals surface area (Å²) in [7, 11) is 0. The lowest BCUT2D eigenvalue weighted by molar-refractivity contribution is -0.125. The normalized spacial score (nSPS) is 38.2. The first kappa shape index (κ1) is 6.14. The van der Waals surface area contributed by atoms with E-state index in [1.54, 1.807) is 0 Å². The molecule has 10 heavy (non-hydrogen) atoms. The molecule has 54 valence electrons. The molecule has 1 heteroatoms. The molecule has 0 unspecified atom stereocenters. The van der Waals surface area contributed by atoms with Crippen molar-refractivity contribution in [2.24, 2.45) is 11.8 Å².